The van der Waals surface area contributed by atoms with E-state index in [1.807, 2.05) is 30.4 Å². The maximum atomic E-state index is 13.4. The fourth-order valence-corrected chi connectivity index (χ4v) is 4.25. The average molecular weight is 376 g/mol. The molecule has 140 valence electrons. The van der Waals surface area contributed by atoms with Crippen molar-refractivity contribution in [2.45, 2.75) is 38.1 Å². The van der Waals surface area contributed by atoms with Crippen LogP contribution in [0.15, 0.2) is 29.6 Å². The summed E-state index contributed by atoms with van der Waals surface area (Å²) in [6.45, 7) is 1.63. The molecule has 1 aromatic carbocycles. The molecule has 1 aliphatic rings. The Morgan fingerprint density at radius 3 is 2.73 bits per heavy atom. The average Bonchev–Trinajstić information content (AvgIpc) is 3.27. The van der Waals surface area contributed by atoms with E-state index in [0.717, 1.165) is 42.2 Å². The van der Waals surface area contributed by atoms with E-state index in [9.17, 15) is 9.18 Å². The van der Waals surface area contributed by atoms with Crippen LogP contribution < -0.4 is 0 Å². The number of carbonyl (C=O) groups is 1. The Labute approximate surface area is 158 Å². The topological polar surface area (TPSA) is 36.4 Å². The number of hydrogen-bond donors (Lipinski definition) is 0. The third-order valence-electron chi connectivity index (χ3n) is 4.83. The van der Waals surface area contributed by atoms with Gasteiger partial charge in [0.25, 0.3) is 0 Å². The van der Waals surface area contributed by atoms with E-state index in [-0.39, 0.29) is 11.7 Å². The molecule has 1 saturated carbocycles. The summed E-state index contributed by atoms with van der Waals surface area (Å²) in [6.07, 6.45) is 4.93. The van der Waals surface area contributed by atoms with Gasteiger partial charge in [0.05, 0.1) is 12.1 Å². The zero-order chi connectivity index (χ0) is 18.5. The van der Waals surface area contributed by atoms with Crippen molar-refractivity contribution < 1.29 is 9.18 Å². The molecule has 4 nitrogen and oxygen atoms in total. The highest BCUT2D eigenvalue weighted by Gasteiger charge is 2.27. The van der Waals surface area contributed by atoms with Crippen LogP contribution in [0.3, 0.4) is 0 Å². The lowest BCUT2D eigenvalue weighted by Gasteiger charge is -2.30. The smallest absolute Gasteiger partial charge is 0.228 e. The summed E-state index contributed by atoms with van der Waals surface area (Å²) < 4.78 is 13.4. The van der Waals surface area contributed by atoms with Gasteiger partial charge in [-0.05, 0) is 39.1 Å². The van der Waals surface area contributed by atoms with Crippen LogP contribution in [-0.4, -0.2) is 53.9 Å². The molecule has 0 N–H and O–H groups in total. The van der Waals surface area contributed by atoms with Gasteiger partial charge < -0.3 is 9.80 Å². The minimum atomic E-state index is -0.272. The number of hydrogen-bond acceptors (Lipinski definition) is 4. The molecule has 0 unspecified atom stereocenters. The summed E-state index contributed by atoms with van der Waals surface area (Å²) in [4.78, 5) is 21.6. The molecule has 1 fully saturated rings. The van der Waals surface area contributed by atoms with Crippen molar-refractivity contribution in [2.75, 3.05) is 27.2 Å². The molecule has 3 rings (SSSR count). The number of carbonyl (C=O) groups excluding carboxylic acids is 1. The van der Waals surface area contributed by atoms with Gasteiger partial charge in [0.15, 0.2) is 0 Å². The number of amides is 1. The maximum Gasteiger partial charge on any atom is 0.228 e. The molecule has 1 heterocycles. The Hall–Kier alpha value is -1.79. The van der Waals surface area contributed by atoms with Gasteiger partial charge in [0.2, 0.25) is 5.91 Å². The van der Waals surface area contributed by atoms with E-state index >= 15 is 0 Å². The predicted molar refractivity (Wildman–Crippen MR) is 104 cm³/mol. The van der Waals surface area contributed by atoms with Crippen molar-refractivity contribution in [3.05, 3.63) is 41.2 Å². The lowest BCUT2D eigenvalue weighted by molar-refractivity contribution is -0.132. The van der Waals surface area contributed by atoms with Gasteiger partial charge in [0, 0.05) is 30.1 Å². The third-order valence-corrected chi connectivity index (χ3v) is 5.77. The molecule has 6 heteroatoms. The Bertz CT molecular complexity index is 740. The van der Waals surface area contributed by atoms with Crippen LogP contribution in [0.5, 0.6) is 0 Å². The van der Waals surface area contributed by atoms with Gasteiger partial charge in [-0.25, -0.2) is 9.37 Å². The highest BCUT2D eigenvalue weighted by Crippen LogP contribution is 2.26. The zero-order valence-electron chi connectivity index (χ0n) is 15.4. The van der Waals surface area contributed by atoms with Gasteiger partial charge in [-0.2, -0.15) is 0 Å². The number of nitrogens with zero attached hydrogens (tertiary/aromatic N) is 3. The normalized spacial score (nSPS) is 14.9. The number of likely N-dealkylation sites (N-methyl/N-ethyl adjacent to an activating group) is 1. The van der Waals surface area contributed by atoms with E-state index in [4.69, 9.17) is 0 Å². The number of benzene rings is 1. The Morgan fingerprint density at radius 1 is 1.27 bits per heavy atom. The highest BCUT2D eigenvalue weighted by atomic mass is 32.1. The van der Waals surface area contributed by atoms with E-state index in [0.29, 0.717) is 12.5 Å². The fourth-order valence-electron chi connectivity index (χ4n) is 3.43. The molecule has 0 bridgehead atoms. The van der Waals surface area contributed by atoms with E-state index in [1.165, 1.54) is 36.3 Å². The second kappa shape index (κ2) is 8.73. The molecule has 0 spiro atoms. The van der Waals surface area contributed by atoms with Crippen molar-refractivity contribution in [1.82, 2.24) is 14.8 Å². The maximum absolute atomic E-state index is 13.4. The molecular weight excluding hydrogens is 349 g/mol. The van der Waals surface area contributed by atoms with Crippen LogP contribution in [0.2, 0.25) is 0 Å². The minimum absolute atomic E-state index is 0.148. The summed E-state index contributed by atoms with van der Waals surface area (Å²) in [5, 5.41) is 2.67. The summed E-state index contributed by atoms with van der Waals surface area (Å²) in [5.74, 6) is -0.124. The number of aromatic nitrogens is 1. The molecule has 1 amide bonds. The summed E-state index contributed by atoms with van der Waals surface area (Å²) in [6, 6.07) is 6.79. The fraction of sp³-hybridized carbons (Fsp3) is 0.500. The molecule has 1 aromatic heterocycles. The first-order chi connectivity index (χ1) is 12.5. The summed E-state index contributed by atoms with van der Waals surface area (Å²) >= 11 is 1.46. The second-order valence-corrected chi connectivity index (χ2v) is 8.02. The van der Waals surface area contributed by atoms with Crippen LogP contribution in [-0.2, 0) is 11.2 Å². The number of thiazole rings is 1. The van der Waals surface area contributed by atoms with Gasteiger partial charge in [-0.3, -0.25) is 4.79 Å². The standard InChI is InChI=1S/C20H26FN3OS/c1-23(2)10-11-24(18-8-3-4-9-18)19(25)13-17-14-26-20(22-17)15-6-5-7-16(21)12-15/h5-7,12,14,18H,3-4,8-11,13H2,1-2H3. The molecule has 0 radical (unpaired) electrons. The van der Waals surface area contributed by atoms with Crippen molar-refractivity contribution in [2.24, 2.45) is 0 Å². The minimum Gasteiger partial charge on any atom is -0.338 e. The quantitative estimate of drug-likeness (QED) is 0.738. The molecule has 0 saturated heterocycles. The van der Waals surface area contributed by atoms with Crippen molar-refractivity contribution >= 4 is 17.2 Å². The van der Waals surface area contributed by atoms with Gasteiger partial charge >= 0.3 is 0 Å². The molecule has 0 aliphatic heterocycles. The third kappa shape index (κ3) is 4.89. The summed E-state index contributed by atoms with van der Waals surface area (Å²) in [7, 11) is 4.06. The molecule has 2 aromatic rings. The first kappa shape index (κ1) is 19.0. The molecular formula is C20H26FN3OS. The Balaban J connectivity index is 1.68. The number of halogens is 1. The summed E-state index contributed by atoms with van der Waals surface area (Å²) in [5.41, 5.74) is 1.53. The van der Waals surface area contributed by atoms with Crippen LogP contribution in [0.25, 0.3) is 10.6 Å². The first-order valence-corrected chi connectivity index (χ1v) is 10.1. The molecule has 1 aliphatic carbocycles. The largest absolute Gasteiger partial charge is 0.338 e. The van der Waals surface area contributed by atoms with Gasteiger partial charge in [-0.1, -0.05) is 25.0 Å². The van der Waals surface area contributed by atoms with Crippen molar-refractivity contribution in [3.63, 3.8) is 0 Å². The van der Waals surface area contributed by atoms with E-state index < -0.39 is 0 Å². The van der Waals surface area contributed by atoms with Crippen LogP contribution in [0, 0.1) is 5.82 Å². The number of rotatable bonds is 7. The predicted octanol–water partition coefficient (Wildman–Crippen LogP) is 3.82. The first-order valence-electron chi connectivity index (χ1n) is 9.17. The van der Waals surface area contributed by atoms with Crippen LogP contribution in [0.4, 0.5) is 4.39 Å². The van der Waals surface area contributed by atoms with Crippen LogP contribution in [0.1, 0.15) is 31.4 Å². The Kier molecular flexibility index (Phi) is 6.38. The van der Waals surface area contributed by atoms with Crippen LogP contribution >= 0.6 is 11.3 Å². The molecule has 0 atom stereocenters. The Morgan fingerprint density at radius 2 is 2.04 bits per heavy atom. The van der Waals surface area contributed by atoms with Gasteiger partial charge in [0.1, 0.15) is 10.8 Å². The van der Waals surface area contributed by atoms with Crippen molar-refractivity contribution in [1.29, 1.82) is 0 Å². The zero-order valence-corrected chi connectivity index (χ0v) is 16.3. The van der Waals surface area contributed by atoms with E-state index in [1.54, 1.807) is 6.07 Å². The SMILES string of the molecule is CN(C)CCN(C(=O)Cc1csc(-c2cccc(F)c2)n1)C1CCCC1. The monoisotopic (exact) mass is 375 g/mol. The van der Waals surface area contributed by atoms with Crippen molar-refractivity contribution in [3.8, 4) is 10.6 Å². The highest BCUT2D eigenvalue weighted by molar-refractivity contribution is 7.13. The van der Waals surface area contributed by atoms with Gasteiger partial charge in [-0.15, -0.1) is 11.3 Å². The lowest BCUT2D eigenvalue weighted by atomic mass is 10.1. The lowest BCUT2D eigenvalue weighted by Crippen LogP contribution is -2.43. The molecule has 26 heavy (non-hydrogen) atoms. The second-order valence-electron chi connectivity index (χ2n) is 7.16. The van der Waals surface area contributed by atoms with E-state index in [2.05, 4.69) is 9.88 Å².